The van der Waals surface area contributed by atoms with Crippen molar-refractivity contribution in [3.05, 3.63) is 59.4 Å². The van der Waals surface area contributed by atoms with Gasteiger partial charge in [-0.05, 0) is 49.6 Å². The average molecular weight is 318 g/mol. The van der Waals surface area contributed by atoms with Crippen LogP contribution in [0.4, 0.5) is 0 Å². The topological polar surface area (TPSA) is 50.3 Å². The summed E-state index contributed by atoms with van der Waals surface area (Å²) < 4.78 is 27.2. The molecule has 2 aromatic rings. The SMILES string of the molecule is CCN(CCc1ccncc1)S(=O)(=O)c1ccc(C)cc1C. The molecule has 4 nitrogen and oxygen atoms in total. The minimum absolute atomic E-state index is 0.398. The van der Waals surface area contributed by atoms with Crippen LogP contribution in [-0.4, -0.2) is 30.8 Å². The molecule has 2 rings (SSSR count). The Kier molecular flexibility index (Phi) is 5.32. The maximum absolute atomic E-state index is 12.8. The van der Waals surface area contributed by atoms with E-state index in [0.29, 0.717) is 24.4 Å². The lowest BCUT2D eigenvalue weighted by molar-refractivity contribution is 0.430. The molecule has 0 N–H and O–H groups in total. The number of aryl methyl sites for hydroxylation is 2. The molecular formula is C17H22N2O2S. The van der Waals surface area contributed by atoms with Gasteiger partial charge in [0.2, 0.25) is 10.0 Å². The van der Waals surface area contributed by atoms with Crippen LogP contribution in [0.25, 0.3) is 0 Å². The highest BCUT2D eigenvalue weighted by Gasteiger charge is 2.24. The van der Waals surface area contributed by atoms with Crippen molar-refractivity contribution in [3.63, 3.8) is 0 Å². The summed E-state index contributed by atoms with van der Waals surface area (Å²) in [6.45, 7) is 6.60. The molecule has 0 fully saturated rings. The molecule has 0 saturated carbocycles. The van der Waals surface area contributed by atoms with Crippen LogP contribution in [0.3, 0.4) is 0 Å². The number of likely N-dealkylation sites (N-methyl/N-ethyl adjacent to an activating group) is 1. The van der Waals surface area contributed by atoms with E-state index in [2.05, 4.69) is 4.98 Å². The molecule has 0 amide bonds. The van der Waals surface area contributed by atoms with E-state index < -0.39 is 10.0 Å². The highest BCUT2D eigenvalue weighted by Crippen LogP contribution is 2.21. The quantitative estimate of drug-likeness (QED) is 0.823. The largest absolute Gasteiger partial charge is 0.265 e. The first-order valence-electron chi connectivity index (χ1n) is 7.41. The van der Waals surface area contributed by atoms with Crippen LogP contribution < -0.4 is 0 Å². The standard InChI is InChI=1S/C17H22N2O2S/c1-4-19(12-9-16-7-10-18-11-8-16)22(20,21)17-6-5-14(2)13-15(17)3/h5-8,10-11,13H,4,9,12H2,1-3H3. The lowest BCUT2D eigenvalue weighted by atomic mass is 10.2. The number of hydrogen-bond donors (Lipinski definition) is 0. The van der Waals surface area contributed by atoms with E-state index in [1.165, 1.54) is 4.31 Å². The number of aromatic nitrogens is 1. The maximum atomic E-state index is 12.8. The van der Waals surface area contributed by atoms with E-state index in [9.17, 15) is 8.42 Å². The maximum Gasteiger partial charge on any atom is 0.243 e. The van der Waals surface area contributed by atoms with Crippen molar-refractivity contribution in [2.45, 2.75) is 32.1 Å². The zero-order valence-electron chi connectivity index (χ0n) is 13.3. The summed E-state index contributed by atoms with van der Waals surface area (Å²) in [5, 5.41) is 0. The summed E-state index contributed by atoms with van der Waals surface area (Å²) in [7, 11) is -3.45. The summed E-state index contributed by atoms with van der Waals surface area (Å²) in [5.41, 5.74) is 2.95. The molecule has 1 aromatic heterocycles. The highest BCUT2D eigenvalue weighted by atomic mass is 32.2. The molecule has 0 atom stereocenters. The molecule has 0 aliphatic rings. The Labute approximate surface area is 132 Å². The third-order valence-corrected chi connectivity index (χ3v) is 5.83. The van der Waals surface area contributed by atoms with Crippen LogP contribution in [0, 0.1) is 13.8 Å². The monoisotopic (exact) mass is 318 g/mol. The van der Waals surface area contributed by atoms with Gasteiger partial charge in [-0.3, -0.25) is 4.98 Å². The molecule has 1 aromatic carbocycles. The van der Waals surface area contributed by atoms with E-state index in [0.717, 1.165) is 16.7 Å². The summed E-state index contributed by atoms with van der Waals surface area (Å²) >= 11 is 0. The summed E-state index contributed by atoms with van der Waals surface area (Å²) in [5.74, 6) is 0. The van der Waals surface area contributed by atoms with Gasteiger partial charge in [-0.15, -0.1) is 0 Å². The van der Waals surface area contributed by atoms with Crippen molar-refractivity contribution in [1.82, 2.24) is 9.29 Å². The van der Waals surface area contributed by atoms with Crippen molar-refractivity contribution >= 4 is 10.0 Å². The molecule has 0 radical (unpaired) electrons. The van der Waals surface area contributed by atoms with Gasteiger partial charge in [0, 0.05) is 25.5 Å². The van der Waals surface area contributed by atoms with E-state index >= 15 is 0 Å². The Balaban J connectivity index is 2.21. The molecule has 1 heterocycles. The molecule has 0 aliphatic heterocycles. The Bertz CT molecular complexity index is 728. The predicted molar refractivity (Wildman–Crippen MR) is 88.3 cm³/mol. The lowest BCUT2D eigenvalue weighted by Gasteiger charge is -2.21. The van der Waals surface area contributed by atoms with Gasteiger partial charge < -0.3 is 0 Å². The lowest BCUT2D eigenvalue weighted by Crippen LogP contribution is -2.33. The van der Waals surface area contributed by atoms with E-state index in [4.69, 9.17) is 0 Å². The Morgan fingerprint density at radius 2 is 1.77 bits per heavy atom. The third-order valence-electron chi connectivity index (χ3n) is 3.70. The normalized spacial score (nSPS) is 11.8. The number of pyridine rings is 1. The Morgan fingerprint density at radius 1 is 1.09 bits per heavy atom. The van der Waals surface area contributed by atoms with Crippen molar-refractivity contribution in [3.8, 4) is 0 Å². The molecule has 22 heavy (non-hydrogen) atoms. The van der Waals surface area contributed by atoms with Gasteiger partial charge in [0.05, 0.1) is 4.90 Å². The smallest absolute Gasteiger partial charge is 0.243 e. The predicted octanol–water partition coefficient (Wildman–Crippen LogP) is 2.95. The van der Waals surface area contributed by atoms with Crippen LogP contribution in [0.15, 0.2) is 47.6 Å². The van der Waals surface area contributed by atoms with Gasteiger partial charge in [-0.2, -0.15) is 4.31 Å². The summed E-state index contributed by atoms with van der Waals surface area (Å²) in [6.07, 6.45) is 4.13. The first-order chi connectivity index (χ1) is 10.4. The van der Waals surface area contributed by atoms with Gasteiger partial charge in [-0.25, -0.2) is 8.42 Å². The molecule has 118 valence electrons. The highest BCUT2D eigenvalue weighted by molar-refractivity contribution is 7.89. The van der Waals surface area contributed by atoms with Crippen LogP contribution in [0.1, 0.15) is 23.6 Å². The summed E-state index contributed by atoms with van der Waals surface area (Å²) in [4.78, 5) is 4.37. The second-order valence-electron chi connectivity index (χ2n) is 5.37. The molecule has 0 bridgehead atoms. The number of sulfonamides is 1. The zero-order chi connectivity index (χ0) is 16.2. The van der Waals surface area contributed by atoms with Gasteiger partial charge in [0.1, 0.15) is 0 Å². The molecule has 0 aliphatic carbocycles. The second-order valence-corrected chi connectivity index (χ2v) is 7.28. The van der Waals surface area contributed by atoms with Crippen molar-refractivity contribution < 1.29 is 8.42 Å². The molecule has 5 heteroatoms. The molecule has 0 unspecified atom stereocenters. The van der Waals surface area contributed by atoms with Gasteiger partial charge in [-0.1, -0.05) is 24.6 Å². The minimum Gasteiger partial charge on any atom is -0.265 e. The number of rotatable bonds is 6. The van der Waals surface area contributed by atoms with E-state index in [1.807, 2.05) is 45.0 Å². The van der Waals surface area contributed by atoms with Gasteiger partial charge in [0.25, 0.3) is 0 Å². The number of hydrogen-bond acceptors (Lipinski definition) is 3. The van der Waals surface area contributed by atoms with Crippen molar-refractivity contribution in [2.75, 3.05) is 13.1 Å². The Morgan fingerprint density at radius 3 is 2.36 bits per heavy atom. The second kappa shape index (κ2) is 7.03. The Hall–Kier alpha value is -1.72. The number of nitrogens with zero attached hydrogens (tertiary/aromatic N) is 2. The van der Waals surface area contributed by atoms with Crippen LogP contribution in [-0.2, 0) is 16.4 Å². The average Bonchev–Trinajstić information content (AvgIpc) is 2.48. The van der Waals surface area contributed by atoms with Crippen LogP contribution >= 0.6 is 0 Å². The van der Waals surface area contributed by atoms with Crippen molar-refractivity contribution in [1.29, 1.82) is 0 Å². The molecule has 0 saturated heterocycles. The van der Waals surface area contributed by atoms with E-state index in [1.54, 1.807) is 18.5 Å². The first kappa shape index (κ1) is 16.6. The fourth-order valence-electron chi connectivity index (χ4n) is 2.48. The first-order valence-corrected chi connectivity index (χ1v) is 8.85. The molecular weight excluding hydrogens is 296 g/mol. The summed E-state index contributed by atoms with van der Waals surface area (Å²) in [6, 6.07) is 9.28. The van der Waals surface area contributed by atoms with E-state index in [-0.39, 0.29) is 0 Å². The van der Waals surface area contributed by atoms with Crippen molar-refractivity contribution in [2.24, 2.45) is 0 Å². The van der Waals surface area contributed by atoms with Crippen LogP contribution in [0.2, 0.25) is 0 Å². The number of benzene rings is 1. The fraction of sp³-hybridized carbons (Fsp3) is 0.353. The fourth-order valence-corrected chi connectivity index (χ4v) is 4.13. The zero-order valence-corrected chi connectivity index (χ0v) is 14.1. The van der Waals surface area contributed by atoms with Crippen LogP contribution in [0.5, 0.6) is 0 Å². The molecule has 0 spiro atoms. The minimum atomic E-state index is -3.45. The third kappa shape index (κ3) is 3.72. The van der Waals surface area contributed by atoms with Gasteiger partial charge in [0.15, 0.2) is 0 Å². The van der Waals surface area contributed by atoms with Gasteiger partial charge >= 0.3 is 0 Å².